The van der Waals surface area contributed by atoms with Crippen molar-refractivity contribution in [3.8, 4) is 0 Å². The molecule has 2 N–H and O–H groups in total. The summed E-state index contributed by atoms with van der Waals surface area (Å²) in [5.74, 6) is -1.09. The molecule has 0 unspecified atom stereocenters. The quantitative estimate of drug-likeness (QED) is 0.625. The molecule has 0 saturated carbocycles. The molecule has 74 valence electrons. The summed E-state index contributed by atoms with van der Waals surface area (Å²) < 4.78 is 5.00. The molecule has 13 heavy (non-hydrogen) atoms. The molecule has 5 heteroatoms. The van der Waals surface area contributed by atoms with Crippen LogP contribution in [0.5, 0.6) is 0 Å². The summed E-state index contributed by atoms with van der Waals surface area (Å²) >= 11 is 0. The molecule has 0 aromatic rings. The Kier molecular flexibility index (Phi) is 3.25. The molecule has 0 aromatic heterocycles. The Bertz CT molecular complexity index is 216. The molecular weight excluding hydrogens is 174 g/mol. The Hall–Kier alpha value is -1.10. The van der Waals surface area contributed by atoms with Gasteiger partial charge in [-0.3, -0.25) is 4.79 Å². The number of carboxylic acids is 1. The fourth-order valence-electron chi connectivity index (χ4n) is 1.39. The van der Waals surface area contributed by atoms with Gasteiger partial charge < -0.3 is 15.2 Å². The summed E-state index contributed by atoms with van der Waals surface area (Å²) in [5, 5.41) is 11.3. The van der Waals surface area contributed by atoms with Crippen LogP contribution >= 0.6 is 0 Å². The van der Waals surface area contributed by atoms with Crippen LogP contribution in [0, 0.1) is 0 Å². The van der Waals surface area contributed by atoms with Gasteiger partial charge in [0.1, 0.15) is 0 Å². The fourth-order valence-corrected chi connectivity index (χ4v) is 1.39. The zero-order valence-corrected chi connectivity index (χ0v) is 7.45. The molecule has 1 aliphatic heterocycles. The van der Waals surface area contributed by atoms with Gasteiger partial charge in [-0.15, -0.1) is 0 Å². The molecule has 0 aliphatic carbocycles. The monoisotopic (exact) mass is 187 g/mol. The third-order valence-corrected chi connectivity index (χ3v) is 1.97. The number of carbonyl (C=O) groups excluding carboxylic acids is 1. The standard InChI is InChI=1S/C8H13NO4/c1-5(10)9-6-2-3-13-7(4-6)8(11)12/h6-7H,2-4H2,1H3,(H,9,10)(H,11,12)/t6-,7-/m1/s1. The van der Waals surface area contributed by atoms with Crippen molar-refractivity contribution < 1.29 is 19.4 Å². The van der Waals surface area contributed by atoms with E-state index in [9.17, 15) is 9.59 Å². The minimum absolute atomic E-state index is 0.0626. The predicted octanol–water partition coefficient (Wildman–Crippen LogP) is -0.245. The first kappa shape index (κ1) is 9.98. The third kappa shape index (κ3) is 3.02. The lowest BCUT2D eigenvalue weighted by atomic mass is 10.0. The average molecular weight is 187 g/mol. The summed E-state index contributed by atoms with van der Waals surface area (Å²) in [5.41, 5.74) is 0. The normalized spacial score (nSPS) is 28.1. The number of carboxylic acid groups (broad SMARTS) is 1. The van der Waals surface area contributed by atoms with E-state index in [1.807, 2.05) is 0 Å². The number of hydrogen-bond donors (Lipinski definition) is 2. The SMILES string of the molecule is CC(=O)N[C@@H]1CCO[C@@H](C(=O)O)C1. The summed E-state index contributed by atoms with van der Waals surface area (Å²) in [7, 11) is 0. The number of nitrogens with one attached hydrogen (secondary N) is 1. The Morgan fingerprint density at radius 1 is 1.54 bits per heavy atom. The van der Waals surface area contributed by atoms with Crippen LogP contribution in [-0.2, 0) is 14.3 Å². The van der Waals surface area contributed by atoms with E-state index in [0.29, 0.717) is 19.4 Å². The van der Waals surface area contributed by atoms with E-state index in [-0.39, 0.29) is 11.9 Å². The molecule has 0 spiro atoms. The van der Waals surface area contributed by atoms with Gasteiger partial charge >= 0.3 is 5.97 Å². The third-order valence-electron chi connectivity index (χ3n) is 1.97. The van der Waals surface area contributed by atoms with E-state index >= 15 is 0 Å². The van der Waals surface area contributed by atoms with Crippen LogP contribution in [0.25, 0.3) is 0 Å². The van der Waals surface area contributed by atoms with Crippen molar-refractivity contribution in [1.29, 1.82) is 0 Å². The van der Waals surface area contributed by atoms with Crippen LogP contribution in [0.1, 0.15) is 19.8 Å². The second-order valence-corrected chi connectivity index (χ2v) is 3.12. The highest BCUT2D eigenvalue weighted by atomic mass is 16.5. The summed E-state index contributed by atoms with van der Waals surface area (Å²) in [6.45, 7) is 1.81. The van der Waals surface area contributed by atoms with E-state index in [4.69, 9.17) is 9.84 Å². The summed E-state index contributed by atoms with van der Waals surface area (Å²) in [6, 6.07) is -0.0626. The van der Waals surface area contributed by atoms with Gasteiger partial charge in [0.2, 0.25) is 5.91 Å². The van der Waals surface area contributed by atoms with Gasteiger partial charge in [0, 0.05) is 26.0 Å². The van der Waals surface area contributed by atoms with Crippen LogP contribution in [0.3, 0.4) is 0 Å². The average Bonchev–Trinajstić information content (AvgIpc) is 2.03. The maximum Gasteiger partial charge on any atom is 0.332 e. The zero-order valence-electron chi connectivity index (χ0n) is 7.45. The molecule has 2 atom stereocenters. The first-order chi connectivity index (χ1) is 6.09. The maximum absolute atomic E-state index is 10.7. The van der Waals surface area contributed by atoms with Crippen LogP contribution in [0.2, 0.25) is 0 Å². The van der Waals surface area contributed by atoms with Crippen LogP contribution in [-0.4, -0.2) is 35.7 Å². The van der Waals surface area contributed by atoms with Gasteiger partial charge in [-0.1, -0.05) is 0 Å². The second-order valence-electron chi connectivity index (χ2n) is 3.12. The van der Waals surface area contributed by atoms with Crippen molar-refractivity contribution in [3.05, 3.63) is 0 Å². The van der Waals surface area contributed by atoms with Crippen molar-refractivity contribution in [2.75, 3.05) is 6.61 Å². The van der Waals surface area contributed by atoms with Crippen molar-refractivity contribution in [2.24, 2.45) is 0 Å². The van der Waals surface area contributed by atoms with Crippen LogP contribution < -0.4 is 5.32 Å². The number of aliphatic carboxylic acids is 1. The molecule has 5 nitrogen and oxygen atoms in total. The van der Waals surface area contributed by atoms with Gasteiger partial charge in [0.05, 0.1) is 0 Å². The molecule has 1 amide bonds. The largest absolute Gasteiger partial charge is 0.479 e. The Labute approximate surface area is 76.1 Å². The molecule has 0 bridgehead atoms. The number of amides is 1. The molecule has 1 saturated heterocycles. The van der Waals surface area contributed by atoms with Gasteiger partial charge in [0.25, 0.3) is 0 Å². The molecular formula is C8H13NO4. The van der Waals surface area contributed by atoms with E-state index in [2.05, 4.69) is 5.32 Å². The topological polar surface area (TPSA) is 75.6 Å². The number of ether oxygens (including phenoxy) is 1. The second kappa shape index (κ2) is 4.23. The first-order valence-corrected chi connectivity index (χ1v) is 4.21. The van der Waals surface area contributed by atoms with Crippen molar-refractivity contribution in [3.63, 3.8) is 0 Å². The Morgan fingerprint density at radius 2 is 2.23 bits per heavy atom. The number of carbonyl (C=O) groups is 2. The van der Waals surface area contributed by atoms with E-state index in [0.717, 1.165) is 0 Å². The Balaban J connectivity index is 2.41. The number of hydrogen-bond acceptors (Lipinski definition) is 3. The van der Waals surface area contributed by atoms with Crippen LogP contribution in [0.4, 0.5) is 0 Å². The molecule has 1 heterocycles. The lowest BCUT2D eigenvalue weighted by Crippen LogP contribution is -2.43. The smallest absolute Gasteiger partial charge is 0.332 e. The molecule has 1 rings (SSSR count). The molecule has 0 aromatic carbocycles. The van der Waals surface area contributed by atoms with Crippen LogP contribution in [0.15, 0.2) is 0 Å². The van der Waals surface area contributed by atoms with E-state index in [1.54, 1.807) is 0 Å². The highest BCUT2D eigenvalue weighted by Crippen LogP contribution is 2.13. The van der Waals surface area contributed by atoms with Crippen molar-refractivity contribution in [1.82, 2.24) is 5.32 Å². The molecule has 1 aliphatic rings. The van der Waals surface area contributed by atoms with Gasteiger partial charge in [-0.2, -0.15) is 0 Å². The van der Waals surface area contributed by atoms with Crippen molar-refractivity contribution >= 4 is 11.9 Å². The Morgan fingerprint density at radius 3 is 2.77 bits per heavy atom. The van der Waals surface area contributed by atoms with E-state index < -0.39 is 12.1 Å². The lowest BCUT2D eigenvalue weighted by Gasteiger charge is -2.27. The molecule has 1 fully saturated rings. The summed E-state index contributed by atoms with van der Waals surface area (Å²) in [4.78, 5) is 21.2. The van der Waals surface area contributed by atoms with E-state index in [1.165, 1.54) is 6.92 Å². The number of rotatable bonds is 2. The minimum Gasteiger partial charge on any atom is -0.479 e. The van der Waals surface area contributed by atoms with Gasteiger partial charge in [-0.05, 0) is 6.42 Å². The fraction of sp³-hybridized carbons (Fsp3) is 0.750. The lowest BCUT2D eigenvalue weighted by molar-refractivity contribution is -0.154. The molecule has 0 radical (unpaired) electrons. The van der Waals surface area contributed by atoms with Crippen molar-refractivity contribution in [2.45, 2.75) is 31.9 Å². The predicted molar refractivity (Wildman–Crippen MR) is 44.2 cm³/mol. The van der Waals surface area contributed by atoms with Gasteiger partial charge in [-0.25, -0.2) is 4.79 Å². The highest BCUT2D eigenvalue weighted by Gasteiger charge is 2.27. The van der Waals surface area contributed by atoms with Gasteiger partial charge in [0.15, 0.2) is 6.10 Å². The zero-order chi connectivity index (χ0) is 9.84. The summed E-state index contributed by atoms with van der Waals surface area (Å²) in [6.07, 6.45) is 0.267. The first-order valence-electron chi connectivity index (χ1n) is 4.21. The highest BCUT2D eigenvalue weighted by molar-refractivity contribution is 5.74. The minimum atomic E-state index is -0.963. The maximum atomic E-state index is 10.7.